The van der Waals surface area contributed by atoms with E-state index >= 15 is 0 Å². The molecule has 0 spiro atoms. The van der Waals surface area contributed by atoms with E-state index in [0.29, 0.717) is 5.56 Å². The van der Waals surface area contributed by atoms with Gasteiger partial charge in [-0.15, -0.1) is 0 Å². The van der Waals surface area contributed by atoms with Gasteiger partial charge in [-0.1, -0.05) is 6.07 Å². The molecule has 2 rings (SSSR count). The maximum atomic E-state index is 13.9. The SMILES string of the molecule is C[C@@H](c1cc(F)ccc1F)N(C)Cc1ccc(C(N)=O)cc1[N+](=O)[O-]. The summed E-state index contributed by atoms with van der Waals surface area (Å²) < 4.78 is 27.3. The maximum absolute atomic E-state index is 13.9. The maximum Gasteiger partial charge on any atom is 0.274 e. The van der Waals surface area contributed by atoms with Crippen molar-refractivity contribution in [2.45, 2.75) is 19.5 Å². The largest absolute Gasteiger partial charge is 0.366 e. The van der Waals surface area contributed by atoms with E-state index in [4.69, 9.17) is 5.73 Å². The van der Waals surface area contributed by atoms with Crippen molar-refractivity contribution >= 4 is 11.6 Å². The molecular weight excluding hydrogens is 332 g/mol. The number of benzene rings is 2. The molecule has 0 aliphatic carbocycles. The molecule has 0 aromatic heterocycles. The van der Waals surface area contributed by atoms with Crippen LogP contribution < -0.4 is 5.73 Å². The van der Waals surface area contributed by atoms with E-state index < -0.39 is 28.5 Å². The van der Waals surface area contributed by atoms with Crippen molar-refractivity contribution in [3.8, 4) is 0 Å². The van der Waals surface area contributed by atoms with E-state index in [-0.39, 0.29) is 23.4 Å². The highest BCUT2D eigenvalue weighted by Gasteiger charge is 2.21. The van der Waals surface area contributed by atoms with Crippen LogP contribution in [-0.4, -0.2) is 22.8 Å². The molecule has 2 N–H and O–H groups in total. The third-order valence-electron chi connectivity index (χ3n) is 4.06. The van der Waals surface area contributed by atoms with Crippen molar-refractivity contribution < 1.29 is 18.5 Å². The summed E-state index contributed by atoms with van der Waals surface area (Å²) in [5, 5.41) is 11.2. The molecule has 0 unspecified atom stereocenters. The number of primary amides is 1. The fourth-order valence-electron chi connectivity index (χ4n) is 2.50. The molecule has 8 heteroatoms. The molecule has 6 nitrogen and oxygen atoms in total. The lowest BCUT2D eigenvalue weighted by molar-refractivity contribution is -0.385. The number of carbonyl (C=O) groups is 1. The highest BCUT2D eigenvalue weighted by Crippen LogP contribution is 2.27. The first-order chi connectivity index (χ1) is 11.7. The minimum Gasteiger partial charge on any atom is -0.366 e. The second kappa shape index (κ2) is 7.35. The Morgan fingerprint density at radius 3 is 2.56 bits per heavy atom. The smallest absolute Gasteiger partial charge is 0.274 e. The van der Waals surface area contributed by atoms with Crippen LogP contribution in [0, 0.1) is 21.7 Å². The van der Waals surface area contributed by atoms with Gasteiger partial charge in [-0.2, -0.15) is 0 Å². The van der Waals surface area contributed by atoms with Gasteiger partial charge >= 0.3 is 0 Å². The van der Waals surface area contributed by atoms with E-state index in [2.05, 4.69) is 0 Å². The number of nitro benzene ring substituents is 1. The Balaban J connectivity index is 2.30. The number of nitrogens with two attached hydrogens (primary N) is 1. The first-order valence-corrected chi connectivity index (χ1v) is 7.43. The highest BCUT2D eigenvalue weighted by molar-refractivity contribution is 5.93. The fourth-order valence-corrected chi connectivity index (χ4v) is 2.50. The molecule has 132 valence electrons. The van der Waals surface area contributed by atoms with Gasteiger partial charge in [-0.3, -0.25) is 19.8 Å². The quantitative estimate of drug-likeness (QED) is 0.641. The Morgan fingerprint density at radius 1 is 1.28 bits per heavy atom. The van der Waals surface area contributed by atoms with Crippen molar-refractivity contribution in [2.75, 3.05) is 7.05 Å². The second-order valence-electron chi connectivity index (χ2n) is 5.72. The Hall–Kier alpha value is -2.87. The van der Waals surface area contributed by atoms with Crippen molar-refractivity contribution in [1.82, 2.24) is 4.90 Å². The Morgan fingerprint density at radius 2 is 1.96 bits per heavy atom. The first kappa shape index (κ1) is 18.5. The van der Waals surface area contributed by atoms with Crippen LogP contribution >= 0.6 is 0 Å². The Kier molecular flexibility index (Phi) is 5.43. The number of carbonyl (C=O) groups excluding carboxylic acids is 1. The normalized spacial score (nSPS) is 12.2. The van der Waals surface area contributed by atoms with Crippen LogP contribution in [0.2, 0.25) is 0 Å². The van der Waals surface area contributed by atoms with Gasteiger partial charge in [0.05, 0.1) is 4.92 Å². The zero-order valence-electron chi connectivity index (χ0n) is 13.7. The summed E-state index contributed by atoms with van der Waals surface area (Å²) >= 11 is 0. The van der Waals surface area contributed by atoms with Gasteiger partial charge in [0.2, 0.25) is 5.91 Å². The lowest BCUT2D eigenvalue weighted by atomic mass is 10.0. The molecule has 0 heterocycles. The molecule has 2 aromatic rings. The number of nitrogens with zero attached hydrogens (tertiary/aromatic N) is 2. The van der Waals surface area contributed by atoms with Crippen LogP contribution in [0.5, 0.6) is 0 Å². The lowest BCUT2D eigenvalue weighted by Crippen LogP contribution is -2.23. The van der Waals surface area contributed by atoms with Crippen LogP contribution in [0.25, 0.3) is 0 Å². The standard InChI is InChI=1S/C17H17F2N3O3/c1-10(14-8-13(18)5-6-15(14)19)21(2)9-12-4-3-11(17(20)23)7-16(12)22(24)25/h3-8,10H,9H2,1-2H3,(H2,20,23)/t10-/m0/s1. The lowest BCUT2D eigenvalue weighted by Gasteiger charge is -2.25. The molecule has 0 fully saturated rings. The van der Waals surface area contributed by atoms with Gasteiger partial charge in [0.15, 0.2) is 0 Å². The minimum absolute atomic E-state index is 0.0299. The number of nitro groups is 1. The average molecular weight is 349 g/mol. The van der Waals surface area contributed by atoms with Crippen molar-refractivity contribution in [3.63, 3.8) is 0 Å². The molecule has 0 saturated carbocycles. The summed E-state index contributed by atoms with van der Waals surface area (Å²) in [6.07, 6.45) is 0. The molecule has 2 aromatic carbocycles. The van der Waals surface area contributed by atoms with Crippen LogP contribution in [0.3, 0.4) is 0 Å². The van der Waals surface area contributed by atoms with Gasteiger partial charge in [0, 0.05) is 35.3 Å². The number of hydrogen-bond acceptors (Lipinski definition) is 4. The first-order valence-electron chi connectivity index (χ1n) is 7.43. The van der Waals surface area contributed by atoms with Crippen LogP contribution in [0.15, 0.2) is 36.4 Å². The van der Waals surface area contributed by atoms with E-state index in [1.807, 2.05) is 0 Å². The number of halogens is 2. The molecule has 0 radical (unpaired) electrons. The van der Waals surface area contributed by atoms with Crippen molar-refractivity contribution in [3.05, 3.63) is 74.8 Å². The van der Waals surface area contributed by atoms with E-state index in [1.165, 1.54) is 12.1 Å². The van der Waals surface area contributed by atoms with Crippen LogP contribution in [-0.2, 0) is 6.54 Å². The molecule has 0 aliphatic rings. The zero-order chi connectivity index (χ0) is 18.7. The predicted octanol–water partition coefficient (Wildman–Crippen LogP) is 3.16. The third-order valence-corrected chi connectivity index (χ3v) is 4.06. The van der Waals surface area contributed by atoms with Crippen molar-refractivity contribution in [2.24, 2.45) is 5.73 Å². The molecule has 1 atom stereocenters. The summed E-state index contributed by atoms with van der Waals surface area (Å²) in [5.41, 5.74) is 5.40. The molecule has 25 heavy (non-hydrogen) atoms. The third kappa shape index (κ3) is 4.16. The summed E-state index contributed by atoms with van der Waals surface area (Å²) in [7, 11) is 1.64. The number of hydrogen-bond donors (Lipinski definition) is 1. The van der Waals surface area contributed by atoms with Gasteiger partial charge in [0.25, 0.3) is 5.69 Å². The predicted molar refractivity (Wildman–Crippen MR) is 87.9 cm³/mol. The fraction of sp³-hybridized carbons (Fsp3) is 0.235. The van der Waals surface area contributed by atoms with Crippen LogP contribution in [0.4, 0.5) is 14.5 Å². The average Bonchev–Trinajstić information content (AvgIpc) is 2.56. The zero-order valence-corrected chi connectivity index (χ0v) is 13.7. The molecule has 0 saturated heterocycles. The van der Waals surface area contributed by atoms with Gasteiger partial charge < -0.3 is 5.73 Å². The number of amides is 1. The van der Waals surface area contributed by atoms with E-state index in [9.17, 15) is 23.7 Å². The van der Waals surface area contributed by atoms with E-state index in [1.54, 1.807) is 18.9 Å². The Bertz CT molecular complexity index is 827. The topological polar surface area (TPSA) is 89.5 Å². The summed E-state index contributed by atoms with van der Waals surface area (Å²) in [6, 6.07) is 6.58. The van der Waals surface area contributed by atoms with E-state index in [0.717, 1.165) is 24.3 Å². The molecule has 0 aliphatic heterocycles. The molecular formula is C17H17F2N3O3. The monoisotopic (exact) mass is 349 g/mol. The second-order valence-corrected chi connectivity index (χ2v) is 5.72. The summed E-state index contributed by atoms with van der Waals surface area (Å²) in [6.45, 7) is 1.77. The summed E-state index contributed by atoms with van der Waals surface area (Å²) in [4.78, 5) is 23.5. The minimum atomic E-state index is -0.766. The number of rotatable bonds is 6. The molecule has 0 bridgehead atoms. The van der Waals surface area contributed by atoms with Crippen LogP contribution in [0.1, 0.15) is 34.5 Å². The van der Waals surface area contributed by atoms with Gasteiger partial charge in [0.1, 0.15) is 11.6 Å². The van der Waals surface area contributed by atoms with Gasteiger partial charge in [-0.05, 0) is 38.2 Å². The molecule has 1 amide bonds. The highest BCUT2D eigenvalue weighted by atomic mass is 19.1. The van der Waals surface area contributed by atoms with Gasteiger partial charge in [-0.25, -0.2) is 8.78 Å². The Labute approximate surface area is 143 Å². The van der Waals surface area contributed by atoms with Crippen molar-refractivity contribution in [1.29, 1.82) is 0 Å². The summed E-state index contributed by atoms with van der Waals surface area (Å²) in [5.74, 6) is -1.88.